The number of anilines is 1. The van der Waals surface area contributed by atoms with Crippen LogP contribution >= 0.6 is 15.9 Å². The van der Waals surface area contributed by atoms with Crippen molar-refractivity contribution < 1.29 is 14.3 Å². The highest BCUT2D eigenvalue weighted by atomic mass is 79.9. The van der Waals surface area contributed by atoms with Gasteiger partial charge < -0.3 is 10.1 Å². The van der Waals surface area contributed by atoms with Crippen LogP contribution in [0.1, 0.15) is 28.8 Å². The third-order valence-corrected chi connectivity index (χ3v) is 4.34. The summed E-state index contributed by atoms with van der Waals surface area (Å²) in [5.41, 5.74) is 2.19. The molecule has 1 aliphatic heterocycles. The smallest absolute Gasteiger partial charge is 0.231 e. The van der Waals surface area contributed by atoms with Crippen LogP contribution in [0.2, 0.25) is 0 Å². The second-order valence-electron chi connectivity index (χ2n) is 5.16. The molecule has 0 unspecified atom stereocenters. The first-order chi connectivity index (χ1) is 10.6. The van der Waals surface area contributed by atoms with Crippen molar-refractivity contribution in [3.8, 4) is 5.75 Å². The van der Waals surface area contributed by atoms with E-state index >= 15 is 0 Å². The van der Waals surface area contributed by atoms with Gasteiger partial charge in [0.1, 0.15) is 5.75 Å². The summed E-state index contributed by atoms with van der Waals surface area (Å²) >= 11 is 3.38. The third kappa shape index (κ3) is 2.76. The molecular weight excluding hydrogens is 346 g/mol. The van der Waals surface area contributed by atoms with Crippen LogP contribution in [0, 0.1) is 0 Å². The number of para-hydroxylation sites is 1. The fourth-order valence-corrected chi connectivity index (χ4v) is 2.78. The van der Waals surface area contributed by atoms with Crippen LogP contribution in [-0.4, -0.2) is 18.3 Å². The Bertz CT molecular complexity index is 757. The maximum Gasteiger partial charge on any atom is 0.231 e. The number of hydrogen-bond donors (Lipinski definition) is 1. The summed E-state index contributed by atoms with van der Waals surface area (Å²) in [4.78, 5) is 23.9. The number of ether oxygens (including phenoxy) is 1. The molecule has 0 saturated heterocycles. The number of nitrogens with one attached hydrogen (secondary N) is 1. The highest BCUT2D eigenvalue weighted by Gasteiger charge is 2.27. The number of Topliss-reactive ketones (excluding diaryl/α,β-unsaturated/α-hetero) is 1. The highest BCUT2D eigenvalue weighted by Crippen LogP contribution is 2.32. The average Bonchev–Trinajstić information content (AvgIpc) is 2.81. The first-order valence-corrected chi connectivity index (χ1v) is 7.71. The molecule has 2 aromatic carbocycles. The van der Waals surface area contributed by atoms with Crippen molar-refractivity contribution in [3.05, 3.63) is 58.1 Å². The minimum Gasteiger partial charge on any atom is -0.484 e. The number of hydrogen-bond acceptors (Lipinski definition) is 3. The van der Waals surface area contributed by atoms with Gasteiger partial charge in [-0.1, -0.05) is 12.1 Å². The normalized spacial score (nSPS) is 16.1. The zero-order valence-corrected chi connectivity index (χ0v) is 13.5. The van der Waals surface area contributed by atoms with E-state index in [1.54, 1.807) is 24.3 Å². The molecular formula is C17H14BrNO3. The van der Waals surface area contributed by atoms with E-state index < -0.39 is 0 Å². The maximum atomic E-state index is 12.3. The van der Waals surface area contributed by atoms with Crippen LogP contribution in [0.25, 0.3) is 0 Å². The van der Waals surface area contributed by atoms with E-state index in [-0.39, 0.29) is 24.2 Å². The average molecular weight is 360 g/mol. The van der Waals surface area contributed by atoms with E-state index in [0.29, 0.717) is 11.3 Å². The van der Waals surface area contributed by atoms with Gasteiger partial charge >= 0.3 is 0 Å². The molecule has 22 heavy (non-hydrogen) atoms. The van der Waals surface area contributed by atoms with Gasteiger partial charge in [-0.15, -0.1) is 0 Å². The Hall–Kier alpha value is -2.14. The summed E-state index contributed by atoms with van der Waals surface area (Å²) in [6.45, 7) is 1.78. The lowest BCUT2D eigenvalue weighted by Gasteiger charge is -2.08. The van der Waals surface area contributed by atoms with Crippen LogP contribution in [-0.2, 0) is 4.79 Å². The zero-order valence-electron chi connectivity index (χ0n) is 11.9. The summed E-state index contributed by atoms with van der Waals surface area (Å²) in [5.74, 6) is 0.239. The predicted molar refractivity (Wildman–Crippen MR) is 87.5 cm³/mol. The van der Waals surface area contributed by atoms with E-state index in [9.17, 15) is 9.59 Å². The lowest BCUT2D eigenvalue weighted by atomic mass is 9.99. The molecule has 5 heteroatoms. The molecule has 1 aliphatic rings. The minimum atomic E-state index is -0.230. The van der Waals surface area contributed by atoms with Crippen LogP contribution in [0.3, 0.4) is 0 Å². The second kappa shape index (κ2) is 5.93. The van der Waals surface area contributed by atoms with Crippen molar-refractivity contribution in [3.63, 3.8) is 0 Å². The molecule has 0 spiro atoms. The van der Waals surface area contributed by atoms with Crippen LogP contribution in [0.15, 0.2) is 46.9 Å². The molecule has 0 aliphatic carbocycles. The molecule has 1 N–H and O–H groups in total. The van der Waals surface area contributed by atoms with Crippen LogP contribution < -0.4 is 10.1 Å². The summed E-state index contributed by atoms with van der Waals surface area (Å²) in [6, 6.07) is 12.6. The van der Waals surface area contributed by atoms with Crippen LogP contribution in [0.5, 0.6) is 5.75 Å². The van der Waals surface area contributed by atoms with Gasteiger partial charge in [0.2, 0.25) is 5.91 Å². The Morgan fingerprint density at radius 3 is 2.82 bits per heavy atom. The van der Waals surface area contributed by atoms with Gasteiger partial charge in [-0.25, -0.2) is 0 Å². The van der Waals surface area contributed by atoms with Crippen molar-refractivity contribution in [2.75, 3.05) is 11.9 Å². The number of fused-ring (bicyclic) bond motifs is 1. The number of ketones is 1. The highest BCUT2D eigenvalue weighted by molar-refractivity contribution is 9.10. The van der Waals surface area contributed by atoms with E-state index in [1.165, 1.54) is 0 Å². The van der Waals surface area contributed by atoms with Crippen molar-refractivity contribution in [1.82, 2.24) is 0 Å². The van der Waals surface area contributed by atoms with Gasteiger partial charge in [0.15, 0.2) is 12.4 Å². The maximum absolute atomic E-state index is 12.3. The number of rotatable bonds is 4. The second-order valence-corrected chi connectivity index (χ2v) is 6.01. The number of carbonyl (C=O) groups is 2. The number of benzene rings is 2. The Kier molecular flexibility index (Phi) is 3.98. The molecule has 0 fully saturated rings. The summed E-state index contributed by atoms with van der Waals surface area (Å²) in [7, 11) is 0. The van der Waals surface area contributed by atoms with Gasteiger partial charge in [0.05, 0.1) is 10.4 Å². The summed E-state index contributed by atoms with van der Waals surface area (Å²) in [6.07, 6.45) is 0. The molecule has 1 atom stereocenters. The lowest BCUT2D eigenvalue weighted by molar-refractivity contribution is -0.116. The van der Waals surface area contributed by atoms with Gasteiger partial charge in [0, 0.05) is 11.3 Å². The SMILES string of the molecule is C[C@@H]1C(=O)Nc2ccc(C(=O)COc3ccccc3Br)cc21. The van der Waals surface area contributed by atoms with E-state index in [2.05, 4.69) is 21.2 Å². The number of carbonyl (C=O) groups excluding carboxylic acids is 2. The largest absolute Gasteiger partial charge is 0.484 e. The van der Waals surface area contributed by atoms with Gasteiger partial charge in [0.25, 0.3) is 0 Å². The third-order valence-electron chi connectivity index (χ3n) is 3.69. The molecule has 4 nitrogen and oxygen atoms in total. The van der Waals surface area contributed by atoms with Crippen molar-refractivity contribution >= 4 is 33.3 Å². The lowest BCUT2D eigenvalue weighted by Crippen LogP contribution is -2.12. The molecule has 112 valence electrons. The molecule has 2 aromatic rings. The van der Waals surface area contributed by atoms with Gasteiger partial charge in [-0.3, -0.25) is 9.59 Å². The van der Waals surface area contributed by atoms with Crippen molar-refractivity contribution in [1.29, 1.82) is 0 Å². The minimum absolute atomic E-state index is 0.0379. The molecule has 1 amide bonds. The molecule has 0 radical (unpaired) electrons. The summed E-state index contributed by atoms with van der Waals surface area (Å²) in [5, 5.41) is 2.79. The first-order valence-electron chi connectivity index (χ1n) is 6.91. The fraction of sp³-hybridized carbons (Fsp3) is 0.176. The van der Waals surface area contributed by atoms with Gasteiger partial charge in [-0.05, 0) is 58.7 Å². The van der Waals surface area contributed by atoms with Crippen molar-refractivity contribution in [2.45, 2.75) is 12.8 Å². The number of amides is 1. The van der Waals surface area contributed by atoms with E-state index in [1.807, 2.05) is 25.1 Å². The standard InChI is InChI=1S/C17H14BrNO3/c1-10-12-8-11(6-7-14(12)19-17(10)21)15(20)9-22-16-5-3-2-4-13(16)18/h2-8,10H,9H2,1H3,(H,19,21)/t10-/m0/s1. The number of halogens is 1. The molecule has 1 heterocycles. The van der Waals surface area contributed by atoms with Crippen molar-refractivity contribution in [2.24, 2.45) is 0 Å². The van der Waals surface area contributed by atoms with E-state index in [0.717, 1.165) is 15.7 Å². The zero-order chi connectivity index (χ0) is 15.7. The predicted octanol–water partition coefficient (Wildman–Crippen LogP) is 3.77. The first kappa shape index (κ1) is 14.8. The molecule has 3 rings (SSSR count). The molecule has 0 aromatic heterocycles. The monoisotopic (exact) mass is 359 g/mol. The molecule has 0 bridgehead atoms. The topological polar surface area (TPSA) is 55.4 Å². The Labute approximate surface area is 136 Å². The quantitative estimate of drug-likeness (QED) is 0.845. The van der Waals surface area contributed by atoms with Gasteiger partial charge in [-0.2, -0.15) is 0 Å². The Morgan fingerprint density at radius 2 is 2.05 bits per heavy atom. The Morgan fingerprint density at radius 1 is 1.27 bits per heavy atom. The summed E-state index contributed by atoms with van der Waals surface area (Å²) < 4.78 is 6.35. The van der Waals surface area contributed by atoms with E-state index in [4.69, 9.17) is 4.74 Å². The molecule has 0 saturated carbocycles. The fourth-order valence-electron chi connectivity index (χ4n) is 2.38. The van der Waals surface area contributed by atoms with Crippen LogP contribution in [0.4, 0.5) is 5.69 Å². The Balaban J connectivity index is 1.74.